The molecule has 0 bridgehead atoms. The second kappa shape index (κ2) is 6.76. The van der Waals surface area contributed by atoms with Crippen molar-refractivity contribution in [1.29, 1.82) is 0 Å². The molecular weight excluding hydrogens is 275 g/mol. The van der Waals surface area contributed by atoms with Crippen LogP contribution in [-0.2, 0) is 0 Å². The standard InChI is InChI=1S/C15H21FN2O3/c16-11-5-6-12(13(14(11)17)15(20)21)18-7-9-3-1-2-4-10(9)8-19/h5-6,9-10,18-19H,1-4,7-8,17H2,(H,20,21). The molecule has 0 amide bonds. The van der Waals surface area contributed by atoms with Gasteiger partial charge in [-0.25, -0.2) is 9.18 Å². The summed E-state index contributed by atoms with van der Waals surface area (Å²) in [5.74, 6) is -1.46. The second-order valence-corrected chi connectivity index (χ2v) is 5.56. The number of nitrogen functional groups attached to an aromatic ring is 1. The Hall–Kier alpha value is -1.82. The molecular formula is C15H21FN2O3. The molecule has 0 saturated heterocycles. The number of halogens is 1. The molecule has 1 fully saturated rings. The number of anilines is 2. The van der Waals surface area contributed by atoms with Crippen LogP contribution in [0.25, 0.3) is 0 Å². The Balaban J connectivity index is 2.12. The van der Waals surface area contributed by atoms with Crippen LogP contribution in [0.5, 0.6) is 0 Å². The van der Waals surface area contributed by atoms with Gasteiger partial charge in [0.15, 0.2) is 0 Å². The summed E-state index contributed by atoms with van der Waals surface area (Å²) in [5.41, 5.74) is 5.25. The average Bonchev–Trinajstić information content (AvgIpc) is 2.48. The lowest BCUT2D eigenvalue weighted by molar-refractivity contribution is 0.0698. The fourth-order valence-electron chi connectivity index (χ4n) is 3.01. The molecule has 1 aromatic carbocycles. The number of aromatic carboxylic acids is 1. The van der Waals surface area contributed by atoms with E-state index in [1.165, 1.54) is 6.07 Å². The van der Waals surface area contributed by atoms with Crippen LogP contribution in [0.1, 0.15) is 36.0 Å². The molecule has 0 heterocycles. The van der Waals surface area contributed by atoms with Gasteiger partial charge in [-0.1, -0.05) is 12.8 Å². The number of nitrogens with two attached hydrogens (primary N) is 1. The monoisotopic (exact) mass is 296 g/mol. The highest BCUT2D eigenvalue weighted by Gasteiger charge is 2.25. The summed E-state index contributed by atoms with van der Waals surface area (Å²) in [7, 11) is 0. The maximum Gasteiger partial charge on any atom is 0.340 e. The minimum atomic E-state index is -1.25. The van der Waals surface area contributed by atoms with E-state index in [1.54, 1.807) is 0 Å². The lowest BCUT2D eigenvalue weighted by Crippen LogP contribution is -2.29. The van der Waals surface area contributed by atoms with Crippen molar-refractivity contribution in [3.8, 4) is 0 Å². The summed E-state index contributed by atoms with van der Waals surface area (Å²) in [6, 6.07) is 2.56. The van der Waals surface area contributed by atoms with Gasteiger partial charge in [-0.15, -0.1) is 0 Å². The highest BCUT2D eigenvalue weighted by molar-refractivity contribution is 6.00. The van der Waals surface area contributed by atoms with Crippen molar-refractivity contribution in [3.05, 3.63) is 23.5 Å². The van der Waals surface area contributed by atoms with E-state index in [9.17, 15) is 19.4 Å². The van der Waals surface area contributed by atoms with Gasteiger partial charge in [0.1, 0.15) is 11.4 Å². The molecule has 1 aliphatic rings. The molecule has 1 saturated carbocycles. The number of aliphatic hydroxyl groups is 1. The Morgan fingerprint density at radius 3 is 2.62 bits per heavy atom. The lowest BCUT2D eigenvalue weighted by atomic mass is 9.79. The van der Waals surface area contributed by atoms with Crippen molar-refractivity contribution in [1.82, 2.24) is 0 Å². The topological polar surface area (TPSA) is 95.6 Å². The number of carboxylic acid groups (broad SMARTS) is 1. The van der Waals surface area contributed by atoms with Crippen molar-refractivity contribution >= 4 is 17.3 Å². The summed E-state index contributed by atoms with van der Waals surface area (Å²) < 4.78 is 13.4. The summed E-state index contributed by atoms with van der Waals surface area (Å²) in [6.07, 6.45) is 4.21. The Labute approximate surface area is 123 Å². The highest BCUT2D eigenvalue weighted by Crippen LogP contribution is 2.31. The zero-order valence-corrected chi connectivity index (χ0v) is 11.8. The summed E-state index contributed by atoms with van der Waals surface area (Å²) in [5, 5.41) is 21.6. The van der Waals surface area contributed by atoms with E-state index in [1.807, 2.05) is 0 Å². The number of hydrogen-bond acceptors (Lipinski definition) is 4. The lowest BCUT2D eigenvalue weighted by Gasteiger charge is -2.30. The Bertz CT molecular complexity index is 522. The normalized spacial score (nSPS) is 22.0. The Morgan fingerprint density at radius 2 is 2.00 bits per heavy atom. The van der Waals surface area contributed by atoms with Crippen molar-refractivity contribution < 1.29 is 19.4 Å². The van der Waals surface area contributed by atoms with E-state index in [0.29, 0.717) is 12.2 Å². The van der Waals surface area contributed by atoms with Gasteiger partial charge in [-0.2, -0.15) is 0 Å². The fourth-order valence-corrected chi connectivity index (χ4v) is 3.01. The third-order valence-corrected chi connectivity index (χ3v) is 4.26. The van der Waals surface area contributed by atoms with Gasteiger partial charge in [0, 0.05) is 13.2 Å². The van der Waals surface area contributed by atoms with E-state index in [4.69, 9.17) is 5.73 Å². The van der Waals surface area contributed by atoms with Crippen molar-refractivity contribution in [2.75, 3.05) is 24.2 Å². The molecule has 1 aromatic rings. The van der Waals surface area contributed by atoms with E-state index in [0.717, 1.165) is 31.7 Å². The van der Waals surface area contributed by atoms with Gasteiger partial charge in [0.05, 0.1) is 11.4 Å². The smallest absolute Gasteiger partial charge is 0.340 e. The zero-order chi connectivity index (χ0) is 15.4. The summed E-state index contributed by atoms with van der Waals surface area (Å²) >= 11 is 0. The first kappa shape index (κ1) is 15.6. The van der Waals surface area contributed by atoms with Crippen LogP contribution in [0.15, 0.2) is 12.1 Å². The van der Waals surface area contributed by atoms with Gasteiger partial charge in [0.2, 0.25) is 0 Å². The molecule has 21 heavy (non-hydrogen) atoms. The molecule has 0 radical (unpaired) electrons. The van der Waals surface area contributed by atoms with Crippen LogP contribution in [0.2, 0.25) is 0 Å². The minimum Gasteiger partial charge on any atom is -0.478 e. The molecule has 2 atom stereocenters. The third kappa shape index (κ3) is 3.44. The fraction of sp³-hybridized carbons (Fsp3) is 0.533. The highest BCUT2D eigenvalue weighted by atomic mass is 19.1. The molecule has 0 aliphatic heterocycles. The number of carbonyl (C=O) groups is 1. The predicted octanol–water partition coefficient (Wildman–Crippen LogP) is 2.32. The van der Waals surface area contributed by atoms with Crippen LogP contribution in [0, 0.1) is 17.7 Å². The molecule has 116 valence electrons. The van der Waals surface area contributed by atoms with Gasteiger partial charge < -0.3 is 21.3 Å². The van der Waals surface area contributed by atoms with Crippen molar-refractivity contribution in [3.63, 3.8) is 0 Å². The molecule has 6 heteroatoms. The van der Waals surface area contributed by atoms with Crippen LogP contribution in [-0.4, -0.2) is 29.3 Å². The second-order valence-electron chi connectivity index (χ2n) is 5.56. The number of aliphatic hydroxyl groups excluding tert-OH is 1. The molecule has 5 nitrogen and oxygen atoms in total. The van der Waals surface area contributed by atoms with Crippen LogP contribution >= 0.6 is 0 Å². The van der Waals surface area contributed by atoms with Crippen LogP contribution < -0.4 is 11.1 Å². The maximum absolute atomic E-state index is 13.4. The van der Waals surface area contributed by atoms with E-state index < -0.39 is 11.8 Å². The summed E-state index contributed by atoms with van der Waals surface area (Å²) in [6.45, 7) is 0.695. The summed E-state index contributed by atoms with van der Waals surface area (Å²) in [4.78, 5) is 11.2. The molecule has 2 rings (SSSR count). The predicted molar refractivity (Wildman–Crippen MR) is 78.8 cm³/mol. The molecule has 1 aliphatic carbocycles. The van der Waals surface area contributed by atoms with Crippen molar-refractivity contribution in [2.45, 2.75) is 25.7 Å². The maximum atomic E-state index is 13.4. The average molecular weight is 296 g/mol. The van der Waals surface area contributed by atoms with E-state index in [-0.39, 0.29) is 29.7 Å². The first-order valence-electron chi connectivity index (χ1n) is 7.20. The Morgan fingerprint density at radius 1 is 1.33 bits per heavy atom. The van der Waals surface area contributed by atoms with Crippen LogP contribution in [0.3, 0.4) is 0 Å². The van der Waals surface area contributed by atoms with Gasteiger partial charge >= 0.3 is 5.97 Å². The van der Waals surface area contributed by atoms with Crippen molar-refractivity contribution in [2.24, 2.45) is 11.8 Å². The first-order valence-corrected chi connectivity index (χ1v) is 7.20. The zero-order valence-electron chi connectivity index (χ0n) is 11.8. The quantitative estimate of drug-likeness (QED) is 0.625. The minimum absolute atomic E-state index is 0.143. The number of rotatable bonds is 5. The molecule has 5 N–H and O–H groups in total. The number of nitrogens with one attached hydrogen (secondary N) is 1. The van der Waals surface area contributed by atoms with E-state index in [2.05, 4.69) is 5.32 Å². The molecule has 2 unspecified atom stereocenters. The van der Waals surface area contributed by atoms with Gasteiger partial charge in [-0.3, -0.25) is 0 Å². The Kier molecular flexibility index (Phi) is 5.01. The van der Waals surface area contributed by atoms with Crippen LogP contribution in [0.4, 0.5) is 15.8 Å². The SMILES string of the molecule is Nc1c(F)ccc(NCC2CCCCC2CO)c1C(=O)O. The molecule has 0 aromatic heterocycles. The van der Waals surface area contributed by atoms with Gasteiger partial charge in [0.25, 0.3) is 0 Å². The third-order valence-electron chi connectivity index (χ3n) is 4.26. The van der Waals surface area contributed by atoms with Gasteiger partial charge in [-0.05, 0) is 36.8 Å². The van der Waals surface area contributed by atoms with E-state index >= 15 is 0 Å². The number of carboxylic acids is 1. The largest absolute Gasteiger partial charge is 0.478 e. The molecule has 0 spiro atoms. The first-order chi connectivity index (χ1) is 10.0. The number of hydrogen-bond donors (Lipinski definition) is 4. The number of benzene rings is 1.